The Morgan fingerprint density at radius 2 is 2.23 bits per heavy atom. The summed E-state index contributed by atoms with van der Waals surface area (Å²) in [5, 5.41) is 12.8. The van der Waals surface area contributed by atoms with Crippen molar-refractivity contribution in [2.75, 3.05) is 25.0 Å². The van der Waals surface area contributed by atoms with Gasteiger partial charge in [-0.1, -0.05) is 23.2 Å². The van der Waals surface area contributed by atoms with Gasteiger partial charge in [-0.15, -0.1) is 0 Å². The summed E-state index contributed by atoms with van der Waals surface area (Å²) in [5.74, 6) is -0.0584. The number of amides is 1. The molecule has 1 aromatic carbocycles. The normalized spacial score (nSPS) is 18.6. The lowest BCUT2D eigenvalue weighted by Crippen LogP contribution is -2.32. The van der Waals surface area contributed by atoms with Crippen molar-refractivity contribution in [2.45, 2.75) is 38.1 Å². The monoisotopic (exact) mass is 344 g/mol. The Balaban J connectivity index is 1.81. The molecule has 1 amide bonds. The number of carbonyl (C=O) groups excluding carboxylic acids is 1. The van der Waals surface area contributed by atoms with Gasteiger partial charge in [0.05, 0.1) is 10.7 Å². The van der Waals surface area contributed by atoms with Crippen LogP contribution in [0.3, 0.4) is 0 Å². The molecule has 1 unspecified atom stereocenters. The first-order valence-corrected chi connectivity index (χ1v) is 8.45. The van der Waals surface area contributed by atoms with Crippen LogP contribution in [-0.4, -0.2) is 41.7 Å². The van der Waals surface area contributed by atoms with Gasteiger partial charge in [0, 0.05) is 30.6 Å². The van der Waals surface area contributed by atoms with Crippen molar-refractivity contribution in [1.29, 1.82) is 0 Å². The summed E-state index contributed by atoms with van der Waals surface area (Å²) in [6.07, 6.45) is 4.57. The van der Waals surface area contributed by atoms with Crippen molar-refractivity contribution < 1.29 is 9.90 Å². The summed E-state index contributed by atoms with van der Waals surface area (Å²) in [7, 11) is 0. The Bertz CT molecular complexity index is 511. The third-order valence-corrected chi connectivity index (χ3v) is 4.59. The number of aliphatic hydroxyl groups excluding tert-OH is 1. The second-order valence-corrected chi connectivity index (χ2v) is 6.46. The average molecular weight is 345 g/mol. The molecule has 1 heterocycles. The minimum absolute atomic E-state index is 0.0584. The average Bonchev–Trinajstić information content (AvgIpc) is 2.94. The highest BCUT2D eigenvalue weighted by atomic mass is 35.5. The fourth-order valence-corrected chi connectivity index (χ4v) is 3.23. The standard InChI is InChI=1S/C16H22Cl2N2O2/c17-12-5-6-14(18)15(11-12)19-16(22)7-9-20-8-1-3-13(20)4-2-10-21/h5-6,11,13,21H,1-4,7-10H2,(H,19,22). The van der Waals surface area contributed by atoms with Crippen molar-refractivity contribution in [2.24, 2.45) is 0 Å². The molecule has 6 heteroatoms. The second-order valence-electron chi connectivity index (χ2n) is 5.62. The fraction of sp³-hybridized carbons (Fsp3) is 0.562. The Kier molecular flexibility index (Phi) is 6.96. The summed E-state index contributed by atoms with van der Waals surface area (Å²) in [4.78, 5) is 14.4. The Morgan fingerprint density at radius 3 is 3.00 bits per heavy atom. The molecule has 0 bridgehead atoms. The highest BCUT2D eigenvalue weighted by Crippen LogP contribution is 2.26. The minimum atomic E-state index is -0.0584. The van der Waals surface area contributed by atoms with E-state index in [-0.39, 0.29) is 12.5 Å². The van der Waals surface area contributed by atoms with Crippen molar-refractivity contribution in [3.8, 4) is 0 Å². The quantitative estimate of drug-likeness (QED) is 0.795. The van der Waals surface area contributed by atoms with Crippen LogP contribution in [0.5, 0.6) is 0 Å². The summed E-state index contributed by atoms with van der Waals surface area (Å²) in [6.45, 7) is 2.00. The number of nitrogens with one attached hydrogen (secondary N) is 1. The Morgan fingerprint density at radius 1 is 1.41 bits per heavy atom. The van der Waals surface area contributed by atoms with Crippen LogP contribution in [0.25, 0.3) is 0 Å². The second kappa shape index (κ2) is 8.73. The van der Waals surface area contributed by atoms with Crippen molar-refractivity contribution in [3.05, 3.63) is 28.2 Å². The van der Waals surface area contributed by atoms with Crippen molar-refractivity contribution in [1.82, 2.24) is 4.90 Å². The van der Waals surface area contributed by atoms with E-state index >= 15 is 0 Å². The molecule has 4 nitrogen and oxygen atoms in total. The molecule has 22 heavy (non-hydrogen) atoms. The maximum atomic E-state index is 12.1. The molecular formula is C16H22Cl2N2O2. The molecule has 2 N–H and O–H groups in total. The molecule has 122 valence electrons. The van der Waals surface area contributed by atoms with Gasteiger partial charge in [0.25, 0.3) is 0 Å². The number of likely N-dealkylation sites (tertiary alicyclic amines) is 1. The maximum absolute atomic E-state index is 12.1. The van der Waals surface area contributed by atoms with Crippen LogP contribution in [0, 0.1) is 0 Å². The topological polar surface area (TPSA) is 52.6 Å². The van der Waals surface area contributed by atoms with E-state index in [0.717, 1.165) is 38.8 Å². The molecule has 0 aromatic heterocycles. The molecule has 1 fully saturated rings. The van der Waals surface area contributed by atoms with E-state index in [2.05, 4.69) is 10.2 Å². The summed E-state index contributed by atoms with van der Waals surface area (Å²) in [5.41, 5.74) is 0.553. The number of anilines is 1. The maximum Gasteiger partial charge on any atom is 0.225 e. The van der Waals surface area contributed by atoms with Gasteiger partial charge < -0.3 is 10.4 Å². The fourth-order valence-electron chi connectivity index (χ4n) is 2.89. The van der Waals surface area contributed by atoms with E-state index in [4.69, 9.17) is 28.3 Å². The Labute approximate surface area is 141 Å². The van der Waals surface area contributed by atoms with Gasteiger partial charge in [-0.3, -0.25) is 9.69 Å². The van der Waals surface area contributed by atoms with E-state index < -0.39 is 0 Å². The van der Waals surface area contributed by atoms with Gasteiger partial charge >= 0.3 is 0 Å². The lowest BCUT2D eigenvalue weighted by molar-refractivity contribution is -0.116. The molecule has 1 atom stereocenters. The number of rotatable bonds is 7. The van der Waals surface area contributed by atoms with Crippen LogP contribution in [0.2, 0.25) is 10.0 Å². The number of halogens is 2. The number of nitrogens with zero attached hydrogens (tertiary/aromatic N) is 1. The first-order chi connectivity index (χ1) is 10.6. The van der Waals surface area contributed by atoms with E-state index in [1.54, 1.807) is 18.2 Å². The lowest BCUT2D eigenvalue weighted by Gasteiger charge is -2.24. The number of aliphatic hydroxyl groups is 1. The zero-order chi connectivity index (χ0) is 15.9. The van der Waals surface area contributed by atoms with Crippen LogP contribution in [-0.2, 0) is 4.79 Å². The molecular weight excluding hydrogens is 323 g/mol. The highest BCUT2D eigenvalue weighted by molar-refractivity contribution is 6.35. The van der Waals surface area contributed by atoms with E-state index in [1.165, 1.54) is 0 Å². The van der Waals surface area contributed by atoms with Crippen LogP contribution >= 0.6 is 23.2 Å². The molecule has 1 aliphatic rings. The number of hydrogen-bond acceptors (Lipinski definition) is 3. The minimum Gasteiger partial charge on any atom is -0.396 e. The predicted molar refractivity (Wildman–Crippen MR) is 90.6 cm³/mol. The lowest BCUT2D eigenvalue weighted by atomic mass is 10.1. The van der Waals surface area contributed by atoms with Crippen LogP contribution < -0.4 is 5.32 Å². The summed E-state index contributed by atoms with van der Waals surface area (Å²) >= 11 is 12.0. The van der Waals surface area contributed by atoms with Crippen LogP contribution in [0.15, 0.2) is 18.2 Å². The molecule has 0 saturated carbocycles. The van der Waals surface area contributed by atoms with E-state index in [1.807, 2.05) is 0 Å². The largest absolute Gasteiger partial charge is 0.396 e. The van der Waals surface area contributed by atoms with Gasteiger partial charge in [-0.2, -0.15) is 0 Å². The highest BCUT2D eigenvalue weighted by Gasteiger charge is 2.24. The van der Waals surface area contributed by atoms with Crippen molar-refractivity contribution >= 4 is 34.8 Å². The zero-order valence-electron chi connectivity index (χ0n) is 12.5. The molecule has 0 aliphatic carbocycles. The zero-order valence-corrected chi connectivity index (χ0v) is 14.0. The predicted octanol–water partition coefficient (Wildman–Crippen LogP) is 3.56. The van der Waals surface area contributed by atoms with E-state index in [9.17, 15) is 4.79 Å². The molecule has 1 saturated heterocycles. The number of hydrogen-bond donors (Lipinski definition) is 2. The molecule has 1 aromatic rings. The smallest absolute Gasteiger partial charge is 0.225 e. The van der Waals surface area contributed by atoms with Gasteiger partial charge in [0.2, 0.25) is 5.91 Å². The van der Waals surface area contributed by atoms with E-state index in [0.29, 0.717) is 28.2 Å². The first kappa shape index (κ1) is 17.5. The number of carbonyl (C=O) groups is 1. The molecule has 1 aliphatic heterocycles. The van der Waals surface area contributed by atoms with Gasteiger partial charge in [-0.25, -0.2) is 0 Å². The summed E-state index contributed by atoms with van der Waals surface area (Å²) in [6, 6.07) is 5.51. The Hall–Kier alpha value is -0.810. The van der Waals surface area contributed by atoms with Gasteiger partial charge in [0.1, 0.15) is 0 Å². The van der Waals surface area contributed by atoms with Crippen molar-refractivity contribution in [3.63, 3.8) is 0 Å². The van der Waals surface area contributed by atoms with Gasteiger partial charge in [0.15, 0.2) is 0 Å². The molecule has 2 rings (SSSR count). The third kappa shape index (κ3) is 5.13. The number of benzene rings is 1. The first-order valence-electron chi connectivity index (χ1n) is 7.70. The molecule has 0 radical (unpaired) electrons. The van der Waals surface area contributed by atoms with Crippen LogP contribution in [0.4, 0.5) is 5.69 Å². The summed E-state index contributed by atoms with van der Waals surface area (Å²) < 4.78 is 0. The third-order valence-electron chi connectivity index (χ3n) is 4.02. The van der Waals surface area contributed by atoms with Crippen LogP contribution in [0.1, 0.15) is 32.1 Å². The van der Waals surface area contributed by atoms with Gasteiger partial charge in [-0.05, 0) is 50.4 Å². The molecule has 0 spiro atoms. The SMILES string of the molecule is O=C(CCN1CCCC1CCCO)Nc1cc(Cl)ccc1Cl.